The van der Waals surface area contributed by atoms with E-state index in [-0.39, 0.29) is 11.9 Å². The lowest BCUT2D eigenvalue weighted by Crippen LogP contribution is -2.33. The molecule has 0 bridgehead atoms. The highest BCUT2D eigenvalue weighted by Gasteiger charge is 2.10. The number of thioether (sulfide) groups is 1. The van der Waals surface area contributed by atoms with Gasteiger partial charge in [-0.25, -0.2) is 9.97 Å². The summed E-state index contributed by atoms with van der Waals surface area (Å²) >= 11 is 1.38. The number of nitrogens with one attached hydrogen (secondary N) is 1. The lowest BCUT2D eigenvalue weighted by atomic mass is 10.1. The van der Waals surface area contributed by atoms with Gasteiger partial charge < -0.3 is 5.32 Å². The second-order valence-corrected chi connectivity index (χ2v) is 6.53. The second-order valence-electron chi connectivity index (χ2n) is 5.59. The number of carbonyl (C=O) groups excluding carboxylic acids is 1. The standard InChI is InChI=1S/C18H23N3OS/c1-4-8-13(2)19-17(22)12-23-18-20-14(3)11-16(21-18)15-9-6-5-7-10-15/h5-7,9-11,13H,4,8,12H2,1-3H3,(H,19,22)/t13-/m0/s1. The Morgan fingerprint density at radius 2 is 2.00 bits per heavy atom. The number of carbonyl (C=O) groups is 1. The van der Waals surface area contributed by atoms with Crippen LogP contribution in [0.3, 0.4) is 0 Å². The van der Waals surface area contributed by atoms with Crippen molar-refractivity contribution < 1.29 is 4.79 Å². The summed E-state index contributed by atoms with van der Waals surface area (Å²) in [4.78, 5) is 20.9. The summed E-state index contributed by atoms with van der Waals surface area (Å²) < 4.78 is 0. The van der Waals surface area contributed by atoms with Crippen LogP contribution in [0.1, 0.15) is 32.4 Å². The van der Waals surface area contributed by atoms with E-state index in [0.29, 0.717) is 10.9 Å². The largest absolute Gasteiger partial charge is 0.353 e. The summed E-state index contributed by atoms with van der Waals surface area (Å²) in [5.41, 5.74) is 2.85. The van der Waals surface area contributed by atoms with Gasteiger partial charge in [0, 0.05) is 17.3 Å². The first-order chi connectivity index (χ1) is 11.1. The minimum absolute atomic E-state index is 0.0299. The number of aromatic nitrogens is 2. The van der Waals surface area contributed by atoms with Crippen molar-refractivity contribution in [3.05, 3.63) is 42.1 Å². The van der Waals surface area contributed by atoms with Gasteiger partial charge in [0.05, 0.1) is 11.4 Å². The SMILES string of the molecule is CCC[C@H](C)NC(=O)CSc1nc(C)cc(-c2ccccc2)n1. The van der Waals surface area contributed by atoms with Crippen molar-refractivity contribution in [2.75, 3.05) is 5.75 Å². The Morgan fingerprint density at radius 1 is 1.26 bits per heavy atom. The molecule has 23 heavy (non-hydrogen) atoms. The lowest BCUT2D eigenvalue weighted by molar-refractivity contribution is -0.119. The molecule has 0 aliphatic heterocycles. The van der Waals surface area contributed by atoms with Crippen LogP contribution in [-0.4, -0.2) is 27.7 Å². The molecule has 1 atom stereocenters. The topological polar surface area (TPSA) is 54.9 Å². The molecule has 1 N–H and O–H groups in total. The number of hydrogen-bond acceptors (Lipinski definition) is 4. The molecule has 0 aliphatic rings. The van der Waals surface area contributed by atoms with Gasteiger partial charge in [-0.2, -0.15) is 0 Å². The molecule has 122 valence electrons. The second kappa shape index (κ2) is 8.67. The van der Waals surface area contributed by atoms with Gasteiger partial charge in [0.1, 0.15) is 0 Å². The molecular formula is C18H23N3OS. The maximum absolute atomic E-state index is 12.0. The molecule has 1 heterocycles. The van der Waals surface area contributed by atoms with Gasteiger partial charge in [-0.3, -0.25) is 4.79 Å². The van der Waals surface area contributed by atoms with E-state index in [1.807, 2.05) is 50.2 Å². The van der Waals surface area contributed by atoms with Gasteiger partial charge >= 0.3 is 0 Å². The van der Waals surface area contributed by atoms with Crippen molar-refractivity contribution in [2.45, 2.75) is 44.8 Å². The average Bonchev–Trinajstić information content (AvgIpc) is 2.53. The van der Waals surface area contributed by atoms with Gasteiger partial charge in [0.15, 0.2) is 5.16 Å². The summed E-state index contributed by atoms with van der Waals surface area (Å²) in [5.74, 6) is 0.369. The maximum atomic E-state index is 12.0. The van der Waals surface area contributed by atoms with Gasteiger partial charge in [-0.15, -0.1) is 0 Å². The molecule has 0 unspecified atom stereocenters. The third-order valence-corrected chi connectivity index (χ3v) is 4.21. The molecule has 0 aliphatic carbocycles. The molecule has 4 nitrogen and oxygen atoms in total. The van der Waals surface area contributed by atoms with Crippen molar-refractivity contribution in [3.63, 3.8) is 0 Å². The average molecular weight is 329 g/mol. The van der Waals surface area contributed by atoms with Crippen LogP contribution in [0.25, 0.3) is 11.3 Å². The van der Waals surface area contributed by atoms with Crippen molar-refractivity contribution in [1.82, 2.24) is 15.3 Å². The van der Waals surface area contributed by atoms with Crippen LogP contribution >= 0.6 is 11.8 Å². The van der Waals surface area contributed by atoms with E-state index in [0.717, 1.165) is 29.8 Å². The summed E-state index contributed by atoms with van der Waals surface area (Å²) in [6, 6.07) is 12.2. The Morgan fingerprint density at radius 3 is 2.70 bits per heavy atom. The number of benzene rings is 1. The summed E-state index contributed by atoms with van der Waals surface area (Å²) in [6.45, 7) is 6.09. The predicted molar refractivity (Wildman–Crippen MR) is 95.4 cm³/mol. The molecule has 0 saturated heterocycles. The van der Waals surface area contributed by atoms with E-state index in [4.69, 9.17) is 0 Å². The Hall–Kier alpha value is -1.88. The molecule has 5 heteroatoms. The first-order valence-electron chi connectivity index (χ1n) is 7.91. The molecule has 0 saturated carbocycles. The van der Waals surface area contributed by atoms with Crippen molar-refractivity contribution in [3.8, 4) is 11.3 Å². The number of aryl methyl sites for hydroxylation is 1. The zero-order chi connectivity index (χ0) is 16.7. The minimum atomic E-state index is 0.0299. The van der Waals surface area contributed by atoms with Crippen molar-refractivity contribution in [2.24, 2.45) is 0 Å². The third kappa shape index (κ3) is 5.67. The zero-order valence-electron chi connectivity index (χ0n) is 13.9. The normalized spacial score (nSPS) is 12.0. The number of rotatable bonds is 7. The molecule has 0 fully saturated rings. The van der Waals surface area contributed by atoms with E-state index in [9.17, 15) is 4.79 Å². The van der Waals surface area contributed by atoms with Crippen molar-refractivity contribution in [1.29, 1.82) is 0 Å². The molecular weight excluding hydrogens is 306 g/mol. The quantitative estimate of drug-likeness (QED) is 0.619. The highest BCUT2D eigenvalue weighted by Crippen LogP contribution is 2.21. The fourth-order valence-electron chi connectivity index (χ4n) is 2.31. The Bertz CT molecular complexity index is 646. The van der Waals surface area contributed by atoms with E-state index >= 15 is 0 Å². The predicted octanol–water partition coefficient (Wildman–Crippen LogP) is 3.85. The fraction of sp³-hybridized carbons (Fsp3) is 0.389. The smallest absolute Gasteiger partial charge is 0.230 e. The van der Waals surface area contributed by atoms with Crippen LogP contribution < -0.4 is 5.32 Å². The first-order valence-corrected chi connectivity index (χ1v) is 8.90. The summed E-state index contributed by atoms with van der Waals surface area (Å²) in [7, 11) is 0. The fourth-order valence-corrected chi connectivity index (χ4v) is 3.03. The summed E-state index contributed by atoms with van der Waals surface area (Å²) in [6.07, 6.45) is 2.06. The van der Waals surface area contributed by atoms with E-state index in [2.05, 4.69) is 22.2 Å². The number of amides is 1. The van der Waals surface area contributed by atoms with E-state index in [1.165, 1.54) is 11.8 Å². The highest BCUT2D eigenvalue weighted by molar-refractivity contribution is 7.99. The number of hydrogen-bond donors (Lipinski definition) is 1. The van der Waals surface area contributed by atoms with Crippen LogP contribution in [-0.2, 0) is 4.79 Å². The monoisotopic (exact) mass is 329 g/mol. The zero-order valence-corrected chi connectivity index (χ0v) is 14.7. The maximum Gasteiger partial charge on any atom is 0.230 e. The third-order valence-electron chi connectivity index (χ3n) is 3.36. The van der Waals surface area contributed by atoms with Crippen LogP contribution in [0.2, 0.25) is 0 Å². The van der Waals surface area contributed by atoms with E-state index < -0.39 is 0 Å². The molecule has 1 aromatic carbocycles. The van der Waals surface area contributed by atoms with Crippen LogP contribution in [0.15, 0.2) is 41.6 Å². The molecule has 2 rings (SSSR count). The van der Waals surface area contributed by atoms with E-state index in [1.54, 1.807) is 0 Å². The van der Waals surface area contributed by atoms with Gasteiger partial charge in [0.25, 0.3) is 0 Å². The minimum Gasteiger partial charge on any atom is -0.353 e. The molecule has 1 aromatic heterocycles. The van der Waals surface area contributed by atoms with Crippen molar-refractivity contribution >= 4 is 17.7 Å². The summed E-state index contributed by atoms with van der Waals surface area (Å²) in [5, 5.41) is 3.64. The molecule has 2 aromatic rings. The van der Waals surface area contributed by atoms with Crippen LogP contribution in [0.5, 0.6) is 0 Å². The van der Waals surface area contributed by atoms with Crippen LogP contribution in [0, 0.1) is 6.92 Å². The molecule has 1 amide bonds. The Balaban J connectivity index is 2.01. The first kappa shape index (κ1) is 17.5. The highest BCUT2D eigenvalue weighted by atomic mass is 32.2. The van der Waals surface area contributed by atoms with Gasteiger partial charge in [-0.05, 0) is 26.3 Å². The van der Waals surface area contributed by atoms with Crippen LogP contribution in [0.4, 0.5) is 0 Å². The molecule has 0 radical (unpaired) electrons. The van der Waals surface area contributed by atoms with Gasteiger partial charge in [-0.1, -0.05) is 55.4 Å². The Kier molecular flexibility index (Phi) is 6.59. The number of nitrogens with zero attached hydrogens (tertiary/aromatic N) is 2. The van der Waals surface area contributed by atoms with Gasteiger partial charge in [0.2, 0.25) is 5.91 Å². The molecule has 0 spiro atoms. The Labute approximate surface area is 142 Å². The lowest BCUT2D eigenvalue weighted by Gasteiger charge is -2.12.